The Morgan fingerprint density at radius 3 is 2.38 bits per heavy atom. The number of rotatable bonds is 4. The van der Waals surface area contributed by atoms with Gasteiger partial charge in [-0.25, -0.2) is 8.42 Å². The summed E-state index contributed by atoms with van der Waals surface area (Å²) in [7, 11) is 1.67. The van der Waals surface area contributed by atoms with Gasteiger partial charge >= 0.3 is 0 Å². The summed E-state index contributed by atoms with van der Waals surface area (Å²) >= 11 is 3.46. The summed E-state index contributed by atoms with van der Waals surface area (Å²) in [5, 5.41) is 0. The zero-order chi connectivity index (χ0) is 15.6. The minimum atomic E-state index is -3.74. The summed E-state index contributed by atoms with van der Waals surface area (Å²) in [4.78, 5) is 0.120. The first kappa shape index (κ1) is 16.3. The number of halogens is 2. The fourth-order valence-corrected chi connectivity index (χ4v) is 3.61. The largest absolute Gasteiger partial charge is 0.489 e. The van der Waals surface area contributed by atoms with Gasteiger partial charge in [-0.2, -0.15) is 0 Å². The molecule has 0 atom stereocenters. The second-order valence-corrected chi connectivity index (χ2v) is 8.02. The van der Waals surface area contributed by atoms with Gasteiger partial charge in [0.1, 0.15) is 12.4 Å². The fraction of sp³-hybridized carbons (Fsp3) is 0.200. The summed E-state index contributed by atoms with van der Waals surface area (Å²) < 4.78 is 29.7. The monoisotopic (exact) mass is 388 g/mol. The van der Waals surface area contributed by atoms with E-state index in [2.05, 4.69) is 15.9 Å². The summed E-state index contributed by atoms with van der Waals surface area (Å²) in [6.45, 7) is 3.93. The van der Waals surface area contributed by atoms with Gasteiger partial charge in [0.25, 0.3) is 9.05 Å². The molecule has 0 unspecified atom stereocenters. The molecule has 0 saturated carbocycles. The van der Waals surface area contributed by atoms with Crippen molar-refractivity contribution >= 4 is 35.7 Å². The second-order valence-electron chi connectivity index (χ2n) is 4.63. The van der Waals surface area contributed by atoms with Gasteiger partial charge in [0.2, 0.25) is 0 Å². The minimum Gasteiger partial charge on any atom is -0.489 e. The number of ether oxygens (including phenoxy) is 1. The highest BCUT2D eigenvalue weighted by Crippen LogP contribution is 2.30. The molecule has 0 bridgehead atoms. The maximum absolute atomic E-state index is 11.5. The van der Waals surface area contributed by atoms with E-state index < -0.39 is 9.05 Å². The molecule has 112 valence electrons. The molecule has 0 N–H and O–H groups in total. The lowest BCUT2D eigenvalue weighted by molar-refractivity contribution is 0.303. The molecule has 3 nitrogen and oxygen atoms in total. The molecule has 0 fully saturated rings. The van der Waals surface area contributed by atoms with Crippen LogP contribution in [-0.4, -0.2) is 8.42 Å². The number of hydrogen-bond acceptors (Lipinski definition) is 3. The summed E-state index contributed by atoms with van der Waals surface area (Å²) in [6, 6.07) is 10.9. The Morgan fingerprint density at radius 1 is 1.10 bits per heavy atom. The van der Waals surface area contributed by atoms with Crippen LogP contribution in [0.4, 0.5) is 0 Å². The van der Waals surface area contributed by atoms with Crippen molar-refractivity contribution in [1.82, 2.24) is 0 Å². The molecule has 0 heterocycles. The maximum Gasteiger partial charge on any atom is 0.261 e. The predicted molar refractivity (Wildman–Crippen MR) is 87.4 cm³/mol. The molecular formula is C15H14BrClO3S. The maximum atomic E-state index is 11.5. The standard InChI is InChI=1S/C15H14BrClO3S/c1-10-11(2)15(21(17,18)19)8-7-14(10)20-9-12-5-3-4-6-13(12)16/h3-8H,9H2,1-2H3. The Morgan fingerprint density at radius 2 is 1.76 bits per heavy atom. The zero-order valence-corrected chi connectivity index (χ0v) is 14.7. The van der Waals surface area contributed by atoms with E-state index in [0.29, 0.717) is 17.9 Å². The molecule has 0 spiro atoms. The van der Waals surface area contributed by atoms with Crippen molar-refractivity contribution in [3.63, 3.8) is 0 Å². The van der Waals surface area contributed by atoms with Gasteiger partial charge in [-0.05, 0) is 43.2 Å². The van der Waals surface area contributed by atoms with E-state index in [4.69, 9.17) is 15.4 Å². The van der Waals surface area contributed by atoms with E-state index in [1.165, 1.54) is 6.07 Å². The van der Waals surface area contributed by atoms with Crippen LogP contribution in [0.25, 0.3) is 0 Å². The van der Waals surface area contributed by atoms with Gasteiger partial charge in [0, 0.05) is 20.7 Å². The van der Waals surface area contributed by atoms with E-state index in [1.807, 2.05) is 31.2 Å². The molecule has 0 radical (unpaired) electrons. The lowest BCUT2D eigenvalue weighted by Crippen LogP contribution is -2.02. The SMILES string of the molecule is Cc1c(OCc2ccccc2Br)ccc(S(=O)(=O)Cl)c1C. The minimum absolute atomic E-state index is 0.120. The van der Waals surface area contributed by atoms with E-state index in [0.717, 1.165) is 15.6 Å². The van der Waals surface area contributed by atoms with Gasteiger partial charge < -0.3 is 4.74 Å². The molecular weight excluding hydrogens is 376 g/mol. The first-order valence-electron chi connectivity index (χ1n) is 6.22. The molecule has 21 heavy (non-hydrogen) atoms. The molecule has 2 aromatic rings. The van der Waals surface area contributed by atoms with Gasteiger partial charge in [0.05, 0.1) is 4.90 Å². The molecule has 6 heteroatoms. The summed E-state index contributed by atoms with van der Waals surface area (Å²) in [5.41, 5.74) is 2.39. The van der Waals surface area contributed by atoms with Gasteiger partial charge in [-0.1, -0.05) is 34.1 Å². The second kappa shape index (κ2) is 6.38. The van der Waals surface area contributed by atoms with Crippen LogP contribution in [-0.2, 0) is 15.7 Å². The van der Waals surface area contributed by atoms with Crippen LogP contribution in [0.5, 0.6) is 5.75 Å². The topological polar surface area (TPSA) is 43.4 Å². The summed E-state index contributed by atoms with van der Waals surface area (Å²) in [5.74, 6) is 0.646. The van der Waals surface area contributed by atoms with Gasteiger partial charge in [-0.15, -0.1) is 0 Å². The zero-order valence-electron chi connectivity index (χ0n) is 11.6. The molecule has 0 amide bonds. The fourth-order valence-electron chi connectivity index (χ4n) is 1.96. The highest BCUT2D eigenvalue weighted by atomic mass is 79.9. The number of benzene rings is 2. The molecule has 2 rings (SSSR count). The molecule has 0 aliphatic rings. The molecule has 2 aromatic carbocycles. The summed E-state index contributed by atoms with van der Waals surface area (Å²) in [6.07, 6.45) is 0. The van der Waals surface area contributed by atoms with Crippen molar-refractivity contribution in [1.29, 1.82) is 0 Å². The Bertz CT molecular complexity index is 772. The normalized spacial score (nSPS) is 11.4. The first-order valence-corrected chi connectivity index (χ1v) is 9.32. The van der Waals surface area contributed by atoms with Crippen molar-refractivity contribution in [2.24, 2.45) is 0 Å². The van der Waals surface area contributed by atoms with Gasteiger partial charge in [-0.3, -0.25) is 0 Å². The van der Waals surface area contributed by atoms with Crippen molar-refractivity contribution in [2.75, 3.05) is 0 Å². The lowest BCUT2D eigenvalue weighted by atomic mass is 10.1. The van der Waals surface area contributed by atoms with E-state index in [1.54, 1.807) is 13.0 Å². The highest BCUT2D eigenvalue weighted by molar-refractivity contribution is 9.10. The van der Waals surface area contributed by atoms with Crippen LogP contribution < -0.4 is 4.74 Å². The molecule has 0 aromatic heterocycles. The third-order valence-corrected chi connectivity index (χ3v) is 5.53. The van der Waals surface area contributed by atoms with Crippen molar-refractivity contribution < 1.29 is 13.2 Å². The highest BCUT2D eigenvalue weighted by Gasteiger charge is 2.17. The Balaban J connectivity index is 2.27. The molecule has 0 aliphatic heterocycles. The Hall–Kier alpha value is -1.04. The van der Waals surface area contributed by atoms with E-state index in [9.17, 15) is 8.42 Å². The van der Waals surface area contributed by atoms with Crippen LogP contribution in [0.3, 0.4) is 0 Å². The van der Waals surface area contributed by atoms with Crippen molar-refractivity contribution in [2.45, 2.75) is 25.3 Å². The smallest absolute Gasteiger partial charge is 0.261 e. The van der Waals surface area contributed by atoms with Gasteiger partial charge in [0.15, 0.2) is 0 Å². The third kappa shape index (κ3) is 3.78. The Labute approximate surface area is 137 Å². The van der Waals surface area contributed by atoms with Crippen LogP contribution in [0.1, 0.15) is 16.7 Å². The molecule has 0 saturated heterocycles. The average molecular weight is 390 g/mol. The van der Waals surface area contributed by atoms with E-state index >= 15 is 0 Å². The van der Waals surface area contributed by atoms with Crippen molar-refractivity contribution in [3.8, 4) is 5.75 Å². The average Bonchev–Trinajstić information content (AvgIpc) is 2.40. The number of hydrogen-bond donors (Lipinski definition) is 0. The first-order chi connectivity index (χ1) is 9.80. The quantitative estimate of drug-likeness (QED) is 0.719. The third-order valence-electron chi connectivity index (χ3n) is 3.29. The van der Waals surface area contributed by atoms with Crippen molar-refractivity contribution in [3.05, 3.63) is 57.6 Å². The lowest BCUT2D eigenvalue weighted by Gasteiger charge is -2.13. The predicted octanol–water partition coefficient (Wildman–Crippen LogP) is 4.57. The van der Waals surface area contributed by atoms with Crippen LogP contribution in [0.2, 0.25) is 0 Å². The molecule has 0 aliphatic carbocycles. The van der Waals surface area contributed by atoms with Crippen LogP contribution in [0.15, 0.2) is 45.8 Å². The van der Waals surface area contributed by atoms with E-state index in [-0.39, 0.29) is 4.90 Å². The Kier molecular flexibility index (Phi) is 4.96. The van der Waals surface area contributed by atoms with Crippen LogP contribution in [0, 0.1) is 13.8 Å². The van der Waals surface area contributed by atoms with Crippen LogP contribution >= 0.6 is 26.6 Å².